The summed E-state index contributed by atoms with van der Waals surface area (Å²) >= 11 is 6.02. The van der Waals surface area contributed by atoms with E-state index in [4.69, 9.17) is 11.6 Å². The van der Waals surface area contributed by atoms with Gasteiger partial charge in [0, 0.05) is 43.1 Å². The van der Waals surface area contributed by atoms with Gasteiger partial charge in [-0.25, -0.2) is 4.79 Å². The van der Waals surface area contributed by atoms with Gasteiger partial charge in [-0.05, 0) is 31.5 Å². The average molecular weight is 308 g/mol. The molecule has 2 rings (SSSR count). The number of hydrogen-bond acceptors (Lipinski definition) is 2. The van der Waals surface area contributed by atoms with Gasteiger partial charge in [0.15, 0.2) is 0 Å². The van der Waals surface area contributed by atoms with Crippen molar-refractivity contribution in [2.24, 2.45) is 0 Å². The minimum Gasteiger partial charge on any atom is -0.368 e. The number of nitrogens with zero attached hydrogens (tertiary/aromatic N) is 2. The molecule has 0 aromatic heterocycles. The van der Waals surface area contributed by atoms with Crippen LogP contribution >= 0.6 is 11.6 Å². The molecule has 0 saturated carbocycles. The molecule has 1 aromatic carbocycles. The molecule has 5 heteroatoms. The van der Waals surface area contributed by atoms with Gasteiger partial charge < -0.3 is 15.1 Å². The molecule has 0 radical (unpaired) electrons. The highest BCUT2D eigenvalue weighted by atomic mass is 35.5. The van der Waals surface area contributed by atoms with Crippen molar-refractivity contribution in [3.05, 3.63) is 41.1 Å². The Hall–Kier alpha value is -1.68. The van der Waals surface area contributed by atoms with Crippen molar-refractivity contribution in [1.29, 1.82) is 0 Å². The monoisotopic (exact) mass is 307 g/mol. The Morgan fingerprint density at radius 3 is 2.67 bits per heavy atom. The number of anilines is 1. The van der Waals surface area contributed by atoms with Crippen molar-refractivity contribution in [2.75, 3.05) is 31.1 Å². The highest BCUT2D eigenvalue weighted by Gasteiger charge is 2.20. The molecule has 1 aromatic rings. The van der Waals surface area contributed by atoms with Crippen molar-refractivity contribution in [3.63, 3.8) is 0 Å². The number of halogens is 1. The maximum absolute atomic E-state index is 12.0. The van der Waals surface area contributed by atoms with Gasteiger partial charge in [0.05, 0.1) is 0 Å². The van der Waals surface area contributed by atoms with E-state index in [2.05, 4.69) is 23.2 Å². The maximum Gasteiger partial charge on any atom is 0.321 e. The average Bonchev–Trinajstić information content (AvgIpc) is 2.52. The number of hydrogen-bond donors (Lipinski definition) is 1. The van der Waals surface area contributed by atoms with Crippen molar-refractivity contribution in [3.8, 4) is 0 Å². The van der Waals surface area contributed by atoms with Gasteiger partial charge >= 0.3 is 6.03 Å². The van der Waals surface area contributed by atoms with E-state index in [9.17, 15) is 4.79 Å². The summed E-state index contributed by atoms with van der Waals surface area (Å²) in [7, 11) is 0. The Balaban J connectivity index is 1.87. The molecule has 0 spiro atoms. The standard InChI is InChI=1S/C16H22ClN3O/c1-3-13(2)12-18-16(21)20-9-7-19(8-10-20)15-6-4-5-14(17)11-15/h4-6,11-12H,3,7-10H2,1-2H3,(H,18,21)/b13-12+. The Kier molecular flexibility index (Phi) is 5.51. The maximum atomic E-state index is 12.0. The van der Waals surface area contributed by atoms with Crippen LogP contribution in [0.25, 0.3) is 0 Å². The summed E-state index contributed by atoms with van der Waals surface area (Å²) in [5.74, 6) is 0. The van der Waals surface area contributed by atoms with Gasteiger partial charge in [-0.3, -0.25) is 0 Å². The van der Waals surface area contributed by atoms with E-state index in [1.807, 2.05) is 30.0 Å². The van der Waals surface area contributed by atoms with Crippen LogP contribution in [-0.2, 0) is 0 Å². The van der Waals surface area contributed by atoms with Crippen LogP contribution in [0.15, 0.2) is 36.0 Å². The number of piperazine rings is 1. The van der Waals surface area contributed by atoms with Crippen molar-refractivity contribution >= 4 is 23.3 Å². The predicted molar refractivity (Wildman–Crippen MR) is 87.8 cm³/mol. The normalized spacial score (nSPS) is 16.0. The molecule has 1 saturated heterocycles. The molecule has 114 valence electrons. The van der Waals surface area contributed by atoms with E-state index < -0.39 is 0 Å². The number of nitrogens with one attached hydrogen (secondary N) is 1. The first-order valence-corrected chi connectivity index (χ1v) is 7.69. The van der Waals surface area contributed by atoms with Crippen LogP contribution < -0.4 is 10.2 Å². The van der Waals surface area contributed by atoms with Gasteiger partial charge in [0.1, 0.15) is 0 Å². The molecule has 1 N–H and O–H groups in total. The summed E-state index contributed by atoms with van der Waals surface area (Å²) in [6.45, 7) is 7.17. The number of benzene rings is 1. The lowest BCUT2D eigenvalue weighted by molar-refractivity contribution is 0.198. The summed E-state index contributed by atoms with van der Waals surface area (Å²) in [6.07, 6.45) is 2.74. The second-order valence-corrected chi connectivity index (χ2v) is 5.68. The zero-order valence-corrected chi connectivity index (χ0v) is 13.4. The second-order valence-electron chi connectivity index (χ2n) is 5.25. The number of carbonyl (C=O) groups excluding carboxylic acids is 1. The highest BCUT2D eigenvalue weighted by molar-refractivity contribution is 6.30. The fraction of sp³-hybridized carbons (Fsp3) is 0.438. The predicted octanol–water partition coefficient (Wildman–Crippen LogP) is 3.49. The van der Waals surface area contributed by atoms with E-state index in [-0.39, 0.29) is 6.03 Å². The Morgan fingerprint density at radius 1 is 1.33 bits per heavy atom. The molecule has 0 atom stereocenters. The molecule has 0 bridgehead atoms. The Morgan fingerprint density at radius 2 is 2.05 bits per heavy atom. The molecule has 2 amide bonds. The molecule has 1 heterocycles. The Labute approximate surface area is 131 Å². The number of urea groups is 1. The highest BCUT2D eigenvalue weighted by Crippen LogP contribution is 2.20. The molecule has 0 unspecified atom stereocenters. The first-order chi connectivity index (χ1) is 10.1. The summed E-state index contributed by atoms with van der Waals surface area (Å²) < 4.78 is 0. The first-order valence-electron chi connectivity index (χ1n) is 7.31. The molecular weight excluding hydrogens is 286 g/mol. The molecule has 1 fully saturated rings. The minimum atomic E-state index is -0.0199. The van der Waals surface area contributed by atoms with Crippen LogP contribution in [0.2, 0.25) is 5.02 Å². The van der Waals surface area contributed by atoms with Crippen LogP contribution in [0.4, 0.5) is 10.5 Å². The number of allylic oxidation sites excluding steroid dienone is 1. The molecule has 1 aliphatic rings. The van der Waals surface area contributed by atoms with Crippen molar-refractivity contribution < 1.29 is 4.79 Å². The van der Waals surface area contributed by atoms with E-state index in [1.165, 1.54) is 5.57 Å². The van der Waals surface area contributed by atoms with E-state index in [1.54, 1.807) is 6.20 Å². The fourth-order valence-corrected chi connectivity index (χ4v) is 2.40. The zero-order valence-electron chi connectivity index (χ0n) is 12.6. The smallest absolute Gasteiger partial charge is 0.321 e. The SMILES string of the molecule is CC/C(C)=C/NC(=O)N1CCN(c2cccc(Cl)c2)CC1. The summed E-state index contributed by atoms with van der Waals surface area (Å²) in [5, 5.41) is 3.60. The summed E-state index contributed by atoms with van der Waals surface area (Å²) in [4.78, 5) is 16.1. The van der Waals surface area contributed by atoms with Crippen molar-refractivity contribution in [1.82, 2.24) is 10.2 Å². The fourth-order valence-electron chi connectivity index (χ4n) is 2.22. The van der Waals surface area contributed by atoms with Crippen LogP contribution in [0.5, 0.6) is 0 Å². The third kappa shape index (κ3) is 4.39. The largest absolute Gasteiger partial charge is 0.368 e. The van der Waals surface area contributed by atoms with E-state index in [0.29, 0.717) is 0 Å². The van der Waals surface area contributed by atoms with Crippen LogP contribution in [0.3, 0.4) is 0 Å². The number of carbonyl (C=O) groups is 1. The number of rotatable bonds is 3. The third-order valence-corrected chi connectivity index (χ3v) is 3.98. The van der Waals surface area contributed by atoms with Gasteiger partial charge in [-0.1, -0.05) is 30.2 Å². The van der Waals surface area contributed by atoms with Crippen molar-refractivity contribution in [2.45, 2.75) is 20.3 Å². The molecule has 21 heavy (non-hydrogen) atoms. The second kappa shape index (κ2) is 7.36. The molecule has 1 aliphatic heterocycles. The van der Waals surface area contributed by atoms with Gasteiger partial charge in [-0.2, -0.15) is 0 Å². The lowest BCUT2D eigenvalue weighted by atomic mass is 10.2. The van der Waals surface area contributed by atoms with Gasteiger partial charge in [0.25, 0.3) is 0 Å². The van der Waals surface area contributed by atoms with E-state index in [0.717, 1.165) is 43.3 Å². The van der Waals surface area contributed by atoms with Gasteiger partial charge in [0.2, 0.25) is 0 Å². The zero-order chi connectivity index (χ0) is 15.2. The minimum absolute atomic E-state index is 0.0199. The molecule has 4 nitrogen and oxygen atoms in total. The lowest BCUT2D eigenvalue weighted by Gasteiger charge is -2.35. The molecule has 0 aliphatic carbocycles. The van der Waals surface area contributed by atoms with Gasteiger partial charge in [-0.15, -0.1) is 0 Å². The quantitative estimate of drug-likeness (QED) is 0.928. The summed E-state index contributed by atoms with van der Waals surface area (Å²) in [5.41, 5.74) is 2.28. The third-order valence-electron chi connectivity index (χ3n) is 3.74. The first kappa shape index (κ1) is 15.7. The topological polar surface area (TPSA) is 35.6 Å². The van der Waals surface area contributed by atoms with Crippen LogP contribution in [-0.4, -0.2) is 37.1 Å². The van der Waals surface area contributed by atoms with E-state index >= 15 is 0 Å². The Bertz CT molecular complexity index is 522. The van der Waals surface area contributed by atoms with Crippen LogP contribution in [0.1, 0.15) is 20.3 Å². The molecular formula is C16H22ClN3O. The lowest BCUT2D eigenvalue weighted by Crippen LogP contribution is -2.51. The van der Waals surface area contributed by atoms with Crippen LogP contribution in [0, 0.1) is 0 Å². The summed E-state index contributed by atoms with van der Waals surface area (Å²) in [6, 6.07) is 7.82. The number of amides is 2.